The van der Waals surface area contributed by atoms with Gasteiger partial charge in [0.15, 0.2) is 5.79 Å². The van der Waals surface area contributed by atoms with Crippen LogP contribution in [0.25, 0.3) is 0 Å². The number of benzene rings is 1. The summed E-state index contributed by atoms with van der Waals surface area (Å²) >= 11 is 0. The Labute approximate surface area is 95.6 Å². The van der Waals surface area contributed by atoms with Crippen molar-refractivity contribution < 1.29 is 9.47 Å². The molecule has 0 amide bonds. The van der Waals surface area contributed by atoms with Gasteiger partial charge in [-0.3, -0.25) is 0 Å². The number of ether oxygens (including phenoxy) is 2. The summed E-state index contributed by atoms with van der Waals surface area (Å²) in [7, 11) is 0. The lowest BCUT2D eigenvalue weighted by Gasteiger charge is -2.51. The predicted molar refractivity (Wildman–Crippen MR) is 60.1 cm³/mol. The molecule has 4 bridgehead atoms. The van der Waals surface area contributed by atoms with Crippen molar-refractivity contribution in [2.45, 2.75) is 38.1 Å². The van der Waals surface area contributed by atoms with Gasteiger partial charge in [0.2, 0.25) is 0 Å². The summed E-state index contributed by atoms with van der Waals surface area (Å²) in [6, 6.07) is 8.69. The van der Waals surface area contributed by atoms with Crippen LogP contribution in [0.2, 0.25) is 0 Å². The van der Waals surface area contributed by atoms with Gasteiger partial charge < -0.3 is 9.47 Å². The van der Waals surface area contributed by atoms with Gasteiger partial charge in [-0.15, -0.1) is 0 Å². The van der Waals surface area contributed by atoms with Crippen molar-refractivity contribution in [2.24, 2.45) is 5.41 Å². The first-order valence-electron chi connectivity index (χ1n) is 6.03. The maximum absolute atomic E-state index is 6.13. The minimum absolute atomic E-state index is 0.235. The smallest absolute Gasteiger partial charge is 0.173 e. The second kappa shape index (κ2) is 2.52. The minimum atomic E-state index is -0.383. The van der Waals surface area contributed by atoms with Crippen molar-refractivity contribution in [1.29, 1.82) is 0 Å². The van der Waals surface area contributed by atoms with E-state index in [9.17, 15) is 0 Å². The van der Waals surface area contributed by atoms with E-state index in [4.69, 9.17) is 9.47 Å². The molecule has 0 aromatic heterocycles. The molecule has 1 aromatic rings. The molecule has 3 aliphatic heterocycles. The largest absolute Gasteiger partial charge is 0.349 e. The third-order valence-electron chi connectivity index (χ3n) is 4.59. The van der Waals surface area contributed by atoms with Crippen LogP contribution in [0, 0.1) is 5.41 Å². The normalized spacial score (nSPS) is 48.1. The molecule has 1 aromatic carbocycles. The van der Waals surface area contributed by atoms with Gasteiger partial charge in [-0.05, 0) is 24.5 Å². The van der Waals surface area contributed by atoms with Crippen LogP contribution in [0.4, 0.5) is 0 Å². The second-order valence-electron chi connectivity index (χ2n) is 5.83. The molecule has 5 rings (SSSR count). The highest BCUT2D eigenvalue weighted by Gasteiger charge is 2.64. The first-order chi connectivity index (χ1) is 7.62. The van der Waals surface area contributed by atoms with E-state index in [-0.39, 0.29) is 17.3 Å². The lowest BCUT2D eigenvalue weighted by atomic mass is 9.61. The Kier molecular flexibility index (Phi) is 1.45. The zero-order valence-corrected chi connectivity index (χ0v) is 9.69. The highest BCUT2D eigenvalue weighted by Crippen LogP contribution is 2.65. The first-order valence-corrected chi connectivity index (χ1v) is 6.03. The van der Waals surface area contributed by atoms with E-state index in [1.165, 1.54) is 11.1 Å². The molecule has 2 saturated heterocycles. The molecule has 0 spiro atoms. The maximum atomic E-state index is 6.13. The molecule has 1 aliphatic carbocycles. The monoisotopic (exact) mass is 216 g/mol. The van der Waals surface area contributed by atoms with Crippen molar-refractivity contribution in [3.8, 4) is 0 Å². The standard InChI is InChI=1S/C14H16O2/c1-13-7-11-9-5-3-4-6-10(9)12(13)14(2,16-11)15-8-13/h3-6,11-12H,7-8H2,1-2H3/t11-,12-,13-,14-/m1/s1. The first kappa shape index (κ1) is 9.20. The fraction of sp³-hybridized carbons (Fsp3) is 0.571. The summed E-state index contributed by atoms with van der Waals surface area (Å²) in [5.41, 5.74) is 3.10. The van der Waals surface area contributed by atoms with E-state index in [0.29, 0.717) is 5.92 Å². The zero-order chi connectivity index (χ0) is 11.0. The summed E-state index contributed by atoms with van der Waals surface area (Å²) in [6.07, 6.45) is 1.34. The molecule has 2 fully saturated rings. The van der Waals surface area contributed by atoms with E-state index in [1.54, 1.807) is 0 Å². The van der Waals surface area contributed by atoms with Crippen LogP contribution in [-0.4, -0.2) is 12.4 Å². The van der Waals surface area contributed by atoms with Crippen LogP contribution in [0.1, 0.15) is 43.4 Å². The Morgan fingerprint density at radius 1 is 1.19 bits per heavy atom. The van der Waals surface area contributed by atoms with Crippen LogP contribution in [0.5, 0.6) is 0 Å². The Morgan fingerprint density at radius 3 is 2.69 bits per heavy atom. The van der Waals surface area contributed by atoms with Gasteiger partial charge >= 0.3 is 0 Å². The van der Waals surface area contributed by atoms with Crippen LogP contribution in [0.15, 0.2) is 24.3 Å². The fourth-order valence-corrected chi connectivity index (χ4v) is 4.03. The average molecular weight is 216 g/mol. The molecule has 84 valence electrons. The van der Waals surface area contributed by atoms with Gasteiger partial charge in [-0.2, -0.15) is 0 Å². The van der Waals surface area contributed by atoms with Crippen molar-refractivity contribution in [1.82, 2.24) is 0 Å². The Hall–Kier alpha value is -0.860. The molecule has 3 heterocycles. The maximum Gasteiger partial charge on any atom is 0.173 e. The molecule has 0 N–H and O–H groups in total. The molecule has 4 atom stereocenters. The predicted octanol–water partition coefficient (Wildman–Crippen LogP) is 3.00. The lowest BCUT2D eigenvalue weighted by Crippen LogP contribution is -2.49. The molecule has 4 aliphatic rings. The van der Waals surface area contributed by atoms with E-state index in [0.717, 1.165) is 13.0 Å². The molecule has 0 radical (unpaired) electrons. The Balaban J connectivity index is 2.00. The van der Waals surface area contributed by atoms with Crippen molar-refractivity contribution in [3.05, 3.63) is 35.4 Å². The highest BCUT2D eigenvalue weighted by atomic mass is 16.7. The lowest BCUT2D eigenvalue weighted by molar-refractivity contribution is -0.253. The summed E-state index contributed by atoms with van der Waals surface area (Å²) in [6.45, 7) is 5.28. The number of hydrogen-bond donors (Lipinski definition) is 0. The molecule has 16 heavy (non-hydrogen) atoms. The minimum Gasteiger partial charge on any atom is -0.349 e. The van der Waals surface area contributed by atoms with Gasteiger partial charge in [0.25, 0.3) is 0 Å². The molecular weight excluding hydrogens is 200 g/mol. The Morgan fingerprint density at radius 2 is 1.94 bits per heavy atom. The summed E-state index contributed by atoms with van der Waals surface area (Å²) in [5, 5.41) is 0. The zero-order valence-electron chi connectivity index (χ0n) is 9.69. The van der Waals surface area contributed by atoms with Crippen LogP contribution in [-0.2, 0) is 9.47 Å². The molecule has 2 heteroatoms. The molecule has 2 nitrogen and oxygen atoms in total. The topological polar surface area (TPSA) is 18.5 Å². The Bertz CT molecular complexity index is 450. The molecule has 0 saturated carbocycles. The van der Waals surface area contributed by atoms with Crippen molar-refractivity contribution in [3.63, 3.8) is 0 Å². The van der Waals surface area contributed by atoms with Crippen molar-refractivity contribution >= 4 is 0 Å². The third-order valence-corrected chi connectivity index (χ3v) is 4.59. The highest BCUT2D eigenvalue weighted by molar-refractivity contribution is 5.41. The van der Waals surface area contributed by atoms with Crippen LogP contribution in [0.3, 0.4) is 0 Å². The SMILES string of the molecule is C[C@]12CO[C@]3(C)O[C@H](C1)c1ccccc1[C@H]23. The molecular formula is C14H16O2. The van der Waals surface area contributed by atoms with Gasteiger partial charge in [0.05, 0.1) is 12.7 Å². The van der Waals surface area contributed by atoms with Gasteiger partial charge in [-0.25, -0.2) is 0 Å². The van der Waals surface area contributed by atoms with Gasteiger partial charge in [-0.1, -0.05) is 31.2 Å². The van der Waals surface area contributed by atoms with E-state index < -0.39 is 0 Å². The van der Waals surface area contributed by atoms with E-state index >= 15 is 0 Å². The van der Waals surface area contributed by atoms with Crippen LogP contribution >= 0.6 is 0 Å². The van der Waals surface area contributed by atoms with Crippen LogP contribution < -0.4 is 0 Å². The van der Waals surface area contributed by atoms with E-state index in [1.807, 2.05) is 0 Å². The molecule has 0 unspecified atom stereocenters. The second-order valence-corrected chi connectivity index (χ2v) is 5.83. The van der Waals surface area contributed by atoms with Gasteiger partial charge in [0, 0.05) is 11.3 Å². The average Bonchev–Trinajstić information content (AvgIpc) is 2.45. The summed E-state index contributed by atoms with van der Waals surface area (Å²) in [5.74, 6) is 0.0210. The number of hydrogen-bond acceptors (Lipinski definition) is 2. The van der Waals surface area contributed by atoms with Crippen molar-refractivity contribution in [2.75, 3.05) is 6.61 Å². The summed E-state index contributed by atoms with van der Waals surface area (Å²) < 4.78 is 12.1. The fourth-order valence-electron chi connectivity index (χ4n) is 4.03. The quantitative estimate of drug-likeness (QED) is 0.663. The number of rotatable bonds is 0. The van der Waals surface area contributed by atoms with Gasteiger partial charge in [0.1, 0.15) is 0 Å². The van der Waals surface area contributed by atoms with E-state index in [2.05, 4.69) is 38.1 Å². The summed E-state index contributed by atoms with van der Waals surface area (Å²) in [4.78, 5) is 0. The third kappa shape index (κ3) is 0.871.